The van der Waals surface area contributed by atoms with Crippen LogP contribution < -0.4 is 10.6 Å². The molecule has 0 saturated carbocycles. The van der Waals surface area contributed by atoms with Crippen LogP contribution in [-0.4, -0.2) is 71.9 Å². The maximum absolute atomic E-state index is 12.8. The summed E-state index contributed by atoms with van der Waals surface area (Å²) in [6.45, 7) is 7.40. The number of piperidine rings is 1. The summed E-state index contributed by atoms with van der Waals surface area (Å²) >= 11 is 13.7. The molecule has 0 aromatic carbocycles. The van der Waals surface area contributed by atoms with Gasteiger partial charge in [-0.25, -0.2) is 4.98 Å². The Morgan fingerprint density at radius 1 is 1.32 bits per heavy atom. The van der Waals surface area contributed by atoms with E-state index in [1.54, 1.807) is 24.3 Å². The first-order chi connectivity index (χ1) is 16.3. The molecule has 2 aromatic rings. The smallest absolute Gasteiger partial charge is 0.254 e. The van der Waals surface area contributed by atoms with Crippen molar-refractivity contribution < 1.29 is 9.59 Å². The summed E-state index contributed by atoms with van der Waals surface area (Å²) in [5.41, 5.74) is 2.26. The van der Waals surface area contributed by atoms with E-state index < -0.39 is 0 Å². The lowest BCUT2D eigenvalue weighted by Gasteiger charge is -2.41. The van der Waals surface area contributed by atoms with E-state index in [1.165, 1.54) is 5.56 Å². The van der Waals surface area contributed by atoms with E-state index in [9.17, 15) is 9.59 Å². The fourth-order valence-electron chi connectivity index (χ4n) is 4.43. The first kappa shape index (κ1) is 26.9. The number of likely N-dealkylation sites (tertiary alicyclic amines) is 1. The van der Waals surface area contributed by atoms with Gasteiger partial charge in [-0.1, -0.05) is 23.2 Å². The van der Waals surface area contributed by atoms with Crippen molar-refractivity contribution in [1.29, 1.82) is 0 Å². The second kappa shape index (κ2) is 12.8. The number of nitrogens with one attached hydrogen (secondary N) is 2. The molecule has 1 fully saturated rings. The van der Waals surface area contributed by atoms with Gasteiger partial charge in [0.2, 0.25) is 5.91 Å². The Balaban J connectivity index is 1.48. The zero-order chi connectivity index (χ0) is 24.7. The van der Waals surface area contributed by atoms with Gasteiger partial charge >= 0.3 is 0 Å². The minimum Gasteiger partial charge on any atom is -0.352 e. The molecule has 1 saturated heterocycles. The van der Waals surface area contributed by atoms with Gasteiger partial charge in [0.25, 0.3) is 5.91 Å². The van der Waals surface area contributed by atoms with E-state index in [2.05, 4.69) is 44.3 Å². The van der Waals surface area contributed by atoms with Crippen LogP contribution in [0.1, 0.15) is 47.7 Å². The van der Waals surface area contributed by atoms with Crippen molar-refractivity contribution in [3.8, 4) is 0 Å². The van der Waals surface area contributed by atoms with Crippen molar-refractivity contribution >= 4 is 46.4 Å². The van der Waals surface area contributed by atoms with Crippen molar-refractivity contribution in [2.75, 3.05) is 33.2 Å². The van der Waals surface area contributed by atoms with Crippen LogP contribution in [0.5, 0.6) is 0 Å². The Morgan fingerprint density at radius 2 is 2.06 bits per heavy atom. The fourth-order valence-corrected chi connectivity index (χ4v) is 5.70. The molecule has 1 aliphatic heterocycles. The molecule has 3 rings (SSSR count). The summed E-state index contributed by atoms with van der Waals surface area (Å²) in [6, 6.07) is 4.29. The SMILES string of the molecule is CNCC(=O)N(Cc1ccsc1)C1CCN(C(C)CCNC(=O)c2c(C)cc(Cl)nc2Cl)CC1. The molecule has 1 unspecified atom stereocenters. The summed E-state index contributed by atoms with van der Waals surface area (Å²) in [6.07, 6.45) is 2.72. The average Bonchev–Trinajstić information content (AvgIpc) is 3.30. The van der Waals surface area contributed by atoms with E-state index in [0.29, 0.717) is 36.8 Å². The lowest BCUT2D eigenvalue weighted by atomic mass is 10.00. The van der Waals surface area contributed by atoms with Crippen LogP contribution in [-0.2, 0) is 11.3 Å². The summed E-state index contributed by atoms with van der Waals surface area (Å²) < 4.78 is 0. The largest absolute Gasteiger partial charge is 0.352 e. The zero-order valence-electron chi connectivity index (χ0n) is 19.9. The van der Waals surface area contributed by atoms with Crippen molar-refractivity contribution in [2.24, 2.45) is 0 Å². The number of carbonyl (C=O) groups excluding carboxylic acids is 2. The minimum absolute atomic E-state index is 0.123. The summed E-state index contributed by atoms with van der Waals surface area (Å²) in [7, 11) is 1.81. The number of carbonyl (C=O) groups is 2. The molecule has 7 nitrogen and oxygen atoms in total. The standard InChI is InChI=1S/C24H33Cl2N5O2S/c1-16-12-20(25)29-23(26)22(16)24(33)28-8-4-17(2)30-9-5-19(6-10-30)31(21(32)13-27-3)14-18-7-11-34-15-18/h7,11-12,15,17,19,27H,4-6,8-10,13-14H2,1-3H3,(H,28,33). The van der Waals surface area contributed by atoms with Gasteiger partial charge in [-0.15, -0.1) is 0 Å². The van der Waals surface area contributed by atoms with Crippen LogP contribution in [0.2, 0.25) is 10.3 Å². The van der Waals surface area contributed by atoms with Gasteiger partial charge in [0, 0.05) is 38.3 Å². The quantitative estimate of drug-likeness (QED) is 0.458. The Hall–Kier alpha value is -1.71. The molecule has 0 radical (unpaired) electrons. The van der Waals surface area contributed by atoms with Crippen molar-refractivity contribution in [3.05, 3.63) is 49.9 Å². The lowest BCUT2D eigenvalue weighted by molar-refractivity contribution is -0.134. The molecule has 0 aliphatic carbocycles. The van der Waals surface area contributed by atoms with Gasteiger partial charge in [0.05, 0.1) is 12.1 Å². The summed E-state index contributed by atoms with van der Waals surface area (Å²) in [5, 5.41) is 10.5. The molecule has 0 bridgehead atoms. The van der Waals surface area contributed by atoms with Gasteiger partial charge in [0.15, 0.2) is 0 Å². The van der Waals surface area contributed by atoms with Crippen molar-refractivity contribution in [3.63, 3.8) is 0 Å². The van der Waals surface area contributed by atoms with Crippen molar-refractivity contribution in [2.45, 2.75) is 51.7 Å². The number of halogens is 2. The topological polar surface area (TPSA) is 77.6 Å². The van der Waals surface area contributed by atoms with Crippen molar-refractivity contribution in [1.82, 2.24) is 25.4 Å². The predicted octanol–water partition coefficient (Wildman–Crippen LogP) is 3.98. The number of hydrogen-bond donors (Lipinski definition) is 2. The molecule has 34 heavy (non-hydrogen) atoms. The van der Waals surface area contributed by atoms with E-state index in [0.717, 1.165) is 32.4 Å². The Labute approximate surface area is 215 Å². The van der Waals surface area contributed by atoms with Gasteiger partial charge in [-0.2, -0.15) is 11.3 Å². The molecule has 186 valence electrons. The number of amides is 2. The third-order valence-electron chi connectivity index (χ3n) is 6.36. The third kappa shape index (κ3) is 7.15. The highest BCUT2D eigenvalue weighted by atomic mass is 35.5. The Morgan fingerprint density at radius 3 is 2.68 bits per heavy atom. The fraction of sp³-hybridized carbons (Fsp3) is 0.542. The first-order valence-corrected chi connectivity index (χ1v) is 13.3. The summed E-state index contributed by atoms with van der Waals surface area (Å²) in [5.74, 6) is -0.0850. The van der Waals surface area contributed by atoms with E-state index in [4.69, 9.17) is 23.2 Å². The van der Waals surface area contributed by atoms with Crippen LogP contribution in [0.3, 0.4) is 0 Å². The molecule has 2 amide bonds. The van der Waals surface area contributed by atoms with E-state index in [1.807, 2.05) is 11.9 Å². The first-order valence-electron chi connectivity index (χ1n) is 11.6. The molecular formula is C24H33Cl2N5O2S. The maximum Gasteiger partial charge on any atom is 0.254 e. The van der Waals surface area contributed by atoms with E-state index >= 15 is 0 Å². The molecule has 1 atom stereocenters. The zero-order valence-corrected chi connectivity index (χ0v) is 22.3. The maximum atomic E-state index is 12.8. The minimum atomic E-state index is -0.232. The van der Waals surface area contributed by atoms with Gasteiger partial charge in [-0.3, -0.25) is 9.59 Å². The van der Waals surface area contributed by atoms with Gasteiger partial charge in [0.1, 0.15) is 10.3 Å². The molecule has 1 aliphatic rings. The van der Waals surface area contributed by atoms with Gasteiger partial charge < -0.3 is 20.4 Å². The van der Waals surface area contributed by atoms with Crippen LogP contribution in [0.15, 0.2) is 22.9 Å². The van der Waals surface area contributed by atoms with Crippen LogP contribution in [0, 0.1) is 6.92 Å². The normalized spacial score (nSPS) is 15.8. The highest BCUT2D eigenvalue weighted by Gasteiger charge is 2.29. The molecule has 0 spiro atoms. The van der Waals surface area contributed by atoms with Crippen LogP contribution >= 0.6 is 34.5 Å². The molecule has 2 N–H and O–H groups in total. The number of nitrogens with zero attached hydrogens (tertiary/aromatic N) is 3. The lowest BCUT2D eigenvalue weighted by Crippen LogP contribution is -2.50. The van der Waals surface area contributed by atoms with Crippen LogP contribution in [0.25, 0.3) is 0 Å². The highest BCUT2D eigenvalue weighted by molar-refractivity contribution is 7.07. The predicted molar refractivity (Wildman–Crippen MR) is 139 cm³/mol. The number of rotatable bonds is 10. The second-order valence-corrected chi connectivity index (χ2v) is 10.3. The third-order valence-corrected chi connectivity index (χ3v) is 7.56. The molecule has 3 heterocycles. The van der Waals surface area contributed by atoms with Crippen LogP contribution in [0.4, 0.5) is 0 Å². The highest BCUT2D eigenvalue weighted by Crippen LogP contribution is 2.23. The second-order valence-electron chi connectivity index (χ2n) is 8.77. The number of hydrogen-bond acceptors (Lipinski definition) is 6. The molecular weight excluding hydrogens is 493 g/mol. The number of thiophene rings is 1. The number of aromatic nitrogens is 1. The monoisotopic (exact) mass is 525 g/mol. The molecule has 10 heteroatoms. The molecule has 2 aromatic heterocycles. The Kier molecular flexibility index (Phi) is 10.2. The van der Waals surface area contributed by atoms with Gasteiger partial charge in [-0.05, 0) is 74.2 Å². The number of pyridine rings is 1. The summed E-state index contributed by atoms with van der Waals surface area (Å²) in [4.78, 5) is 33.8. The number of aryl methyl sites for hydroxylation is 1. The van der Waals surface area contributed by atoms with E-state index in [-0.39, 0.29) is 28.2 Å². The average molecular weight is 527 g/mol. The number of likely N-dealkylation sites (N-methyl/N-ethyl adjacent to an activating group) is 1. The Bertz CT molecular complexity index is 941.